The Morgan fingerprint density at radius 3 is 2.70 bits per heavy atom. The Balaban J connectivity index is 1.66. The van der Waals surface area contributed by atoms with Gasteiger partial charge in [-0.15, -0.1) is 0 Å². The van der Waals surface area contributed by atoms with Gasteiger partial charge < -0.3 is 20.7 Å². The summed E-state index contributed by atoms with van der Waals surface area (Å²) in [7, 11) is 1.33. The molecule has 27 heavy (non-hydrogen) atoms. The molecular formula is C17H22F4N4O2. The van der Waals surface area contributed by atoms with Crippen LogP contribution in [0.5, 0.6) is 5.88 Å². The van der Waals surface area contributed by atoms with Crippen LogP contribution in [0.3, 0.4) is 0 Å². The van der Waals surface area contributed by atoms with Crippen LogP contribution < -0.4 is 20.7 Å². The van der Waals surface area contributed by atoms with Crippen molar-refractivity contribution in [3.05, 3.63) is 17.4 Å². The van der Waals surface area contributed by atoms with Crippen LogP contribution >= 0.6 is 0 Å². The highest BCUT2D eigenvalue weighted by Crippen LogP contribution is 2.42. The number of hydrogen-bond acceptors (Lipinski definition) is 5. The van der Waals surface area contributed by atoms with E-state index in [1.54, 1.807) is 0 Å². The van der Waals surface area contributed by atoms with E-state index in [1.807, 2.05) is 0 Å². The summed E-state index contributed by atoms with van der Waals surface area (Å²) in [6.45, 7) is 0.789. The van der Waals surface area contributed by atoms with Gasteiger partial charge in [0.05, 0.1) is 19.1 Å². The summed E-state index contributed by atoms with van der Waals surface area (Å²) in [4.78, 5) is 16.0. The van der Waals surface area contributed by atoms with Crippen LogP contribution in [0.1, 0.15) is 31.2 Å². The van der Waals surface area contributed by atoms with Crippen molar-refractivity contribution >= 4 is 11.7 Å². The fourth-order valence-electron chi connectivity index (χ4n) is 3.37. The molecule has 1 aromatic heterocycles. The highest BCUT2D eigenvalue weighted by molar-refractivity contribution is 5.82. The molecule has 2 aliphatic rings. The minimum Gasteiger partial charge on any atom is -0.481 e. The van der Waals surface area contributed by atoms with E-state index >= 15 is 0 Å². The Kier molecular flexibility index (Phi) is 5.73. The standard InChI is InChI=1S/C17H22F4N4O2/c1-27-16-9(8-23-15(26)13-3-2-6-22-13)7-11(18)14(25-16)24-12-5-4-10(12)17(19,20)21/h7,10,12-13,22H,2-6,8H2,1H3,(H,23,26)(H,24,25). The Morgan fingerprint density at radius 1 is 1.37 bits per heavy atom. The topological polar surface area (TPSA) is 75.3 Å². The zero-order chi connectivity index (χ0) is 19.6. The third-order valence-electron chi connectivity index (χ3n) is 5.06. The first-order valence-electron chi connectivity index (χ1n) is 8.87. The van der Waals surface area contributed by atoms with Gasteiger partial charge in [-0.1, -0.05) is 0 Å². The predicted molar refractivity (Wildman–Crippen MR) is 89.8 cm³/mol. The van der Waals surface area contributed by atoms with E-state index in [1.165, 1.54) is 7.11 Å². The molecule has 10 heteroatoms. The molecule has 1 amide bonds. The maximum atomic E-state index is 14.3. The molecule has 1 saturated carbocycles. The number of carbonyl (C=O) groups is 1. The zero-order valence-corrected chi connectivity index (χ0v) is 14.8. The normalized spacial score (nSPS) is 25.0. The van der Waals surface area contributed by atoms with E-state index in [9.17, 15) is 22.4 Å². The first-order valence-corrected chi connectivity index (χ1v) is 8.87. The van der Waals surface area contributed by atoms with Gasteiger partial charge in [0.1, 0.15) is 0 Å². The summed E-state index contributed by atoms with van der Waals surface area (Å²) >= 11 is 0. The molecule has 1 saturated heterocycles. The van der Waals surface area contributed by atoms with Crippen LogP contribution in [0.2, 0.25) is 0 Å². The number of alkyl halides is 3. The van der Waals surface area contributed by atoms with E-state index in [0.717, 1.165) is 25.5 Å². The Bertz CT molecular complexity index is 692. The van der Waals surface area contributed by atoms with Gasteiger partial charge in [-0.2, -0.15) is 18.2 Å². The third-order valence-corrected chi connectivity index (χ3v) is 5.06. The van der Waals surface area contributed by atoms with Crippen molar-refractivity contribution in [1.82, 2.24) is 15.6 Å². The first-order chi connectivity index (χ1) is 12.8. The van der Waals surface area contributed by atoms with E-state index in [0.29, 0.717) is 12.0 Å². The number of anilines is 1. The predicted octanol–water partition coefficient (Wildman–Crippen LogP) is 2.35. The average Bonchev–Trinajstić information content (AvgIpc) is 3.10. The number of pyridine rings is 1. The summed E-state index contributed by atoms with van der Waals surface area (Å²) in [5, 5.41) is 8.28. The van der Waals surface area contributed by atoms with E-state index < -0.39 is 24.0 Å². The van der Waals surface area contributed by atoms with Crippen LogP contribution in [0, 0.1) is 11.7 Å². The van der Waals surface area contributed by atoms with Crippen LogP contribution in [0.4, 0.5) is 23.4 Å². The van der Waals surface area contributed by atoms with Gasteiger partial charge in [0.2, 0.25) is 11.8 Å². The van der Waals surface area contributed by atoms with Crippen LogP contribution in [-0.2, 0) is 11.3 Å². The zero-order valence-electron chi connectivity index (χ0n) is 14.8. The molecule has 3 rings (SSSR count). The Morgan fingerprint density at radius 2 is 2.15 bits per heavy atom. The van der Waals surface area contributed by atoms with E-state index in [2.05, 4.69) is 20.9 Å². The van der Waals surface area contributed by atoms with E-state index in [4.69, 9.17) is 4.74 Å². The number of carbonyl (C=O) groups excluding carboxylic acids is 1. The molecule has 1 aliphatic heterocycles. The number of amides is 1. The monoisotopic (exact) mass is 390 g/mol. The van der Waals surface area contributed by atoms with Gasteiger partial charge in [0.25, 0.3) is 0 Å². The molecule has 150 valence electrons. The van der Waals surface area contributed by atoms with Crippen LogP contribution in [0.15, 0.2) is 6.07 Å². The van der Waals surface area contributed by atoms with Crippen LogP contribution in [-0.4, -0.2) is 42.8 Å². The second-order valence-corrected chi connectivity index (χ2v) is 6.83. The number of halogens is 4. The number of nitrogens with one attached hydrogen (secondary N) is 3. The summed E-state index contributed by atoms with van der Waals surface area (Å²) in [6, 6.07) is -0.0546. The molecular weight excluding hydrogens is 368 g/mol. The minimum absolute atomic E-state index is 0.0129. The number of nitrogens with zero attached hydrogens (tertiary/aromatic N) is 1. The number of hydrogen-bond donors (Lipinski definition) is 3. The van der Waals surface area contributed by atoms with Crippen LogP contribution in [0.25, 0.3) is 0 Å². The smallest absolute Gasteiger partial charge is 0.393 e. The quantitative estimate of drug-likeness (QED) is 0.651. The minimum atomic E-state index is -4.32. The van der Waals surface area contributed by atoms with Crippen molar-refractivity contribution in [3.8, 4) is 5.88 Å². The molecule has 3 atom stereocenters. The maximum Gasteiger partial charge on any atom is 0.393 e. The molecule has 3 unspecified atom stereocenters. The summed E-state index contributed by atoms with van der Waals surface area (Å²) in [5.41, 5.74) is 0.313. The number of aromatic nitrogens is 1. The SMILES string of the molecule is COc1nc(NC2CCC2C(F)(F)F)c(F)cc1CNC(=O)C1CCCN1. The fourth-order valence-corrected chi connectivity index (χ4v) is 3.37. The van der Waals surface area contributed by atoms with Crippen molar-refractivity contribution in [2.45, 2.75) is 50.5 Å². The van der Waals surface area contributed by atoms with Crippen molar-refractivity contribution in [1.29, 1.82) is 0 Å². The van der Waals surface area contributed by atoms with Crippen molar-refractivity contribution in [2.24, 2.45) is 5.92 Å². The maximum absolute atomic E-state index is 14.3. The van der Waals surface area contributed by atoms with Gasteiger partial charge in [0, 0.05) is 18.2 Å². The molecule has 0 radical (unpaired) electrons. The lowest BCUT2D eigenvalue weighted by Gasteiger charge is -2.38. The highest BCUT2D eigenvalue weighted by atomic mass is 19.4. The second-order valence-electron chi connectivity index (χ2n) is 6.83. The lowest BCUT2D eigenvalue weighted by Crippen LogP contribution is -2.47. The lowest BCUT2D eigenvalue weighted by atomic mass is 9.79. The van der Waals surface area contributed by atoms with Gasteiger partial charge in [-0.25, -0.2) is 4.39 Å². The molecule has 1 aromatic rings. The van der Waals surface area contributed by atoms with Gasteiger partial charge in [0.15, 0.2) is 11.6 Å². The molecule has 3 N–H and O–H groups in total. The number of methoxy groups -OCH3 is 1. The summed E-state index contributed by atoms with van der Waals surface area (Å²) in [5.74, 6) is -2.71. The van der Waals surface area contributed by atoms with Crippen molar-refractivity contribution in [2.75, 3.05) is 19.0 Å². The Hall–Kier alpha value is -2.10. The summed E-state index contributed by atoms with van der Waals surface area (Å²) in [6.07, 6.45) is -2.37. The lowest BCUT2D eigenvalue weighted by molar-refractivity contribution is -0.197. The van der Waals surface area contributed by atoms with Crippen molar-refractivity contribution < 1.29 is 27.1 Å². The van der Waals surface area contributed by atoms with Gasteiger partial charge >= 0.3 is 6.18 Å². The summed E-state index contributed by atoms with van der Waals surface area (Å²) < 4.78 is 58.0. The molecule has 2 fully saturated rings. The molecule has 0 bridgehead atoms. The highest BCUT2D eigenvalue weighted by Gasteiger charge is 2.50. The molecule has 6 nitrogen and oxygen atoms in total. The van der Waals surface area contributed by atoms with Gasteiger partial charge in [-0.05, 0) is 38.3 Å². The largest absolute Gasteiger partial charge is 0.481 e. The van der Waals surface area contributed by atoms with Gasteiger partial charge in [-0.3, -0.25) is 4.79 Å². The Labute approximate surface area is 154 Å². The molecule has 0 aromatic carbocycles. The molecule has 2 heterocycles. The molecule has 1 aliphatic carbocycles. The third kappa shape index (κ3) is 4.42. The number of rotatable bonds is 6. The van der Waals surface area contributed by atoms with Crippen molar-refractivity contribution in [3.63, 3.8) is 0 Å². The number of ether oxygens (including phenoxy) is 1. The second kappa shape index (κ2) is 7.87. The first kappa shape index (κ1) is 19.7. The molecule has 0 spiro atoms. The fraction of sp³-hybridized carbons (Fsp3) is 0.647. The average molecular weight is 390 g/mol. The van der Waals surface area contributed by atoms with E-state index in [-0.39, 0.29) is 36.6 Å².